The number of benzene rings is 2. The third-order valence-electron chi connectivity index (χ3n) is 4.76. The highest BCUT2D eigenvalue weighted by Crippen LogP contribution is 2.30. The van der Waals surface area contributed by atoms with Crippen molar-refractivity contribution in [3.8, 4) is 5.69 Å². The lowest BCUT2D eigenvalue weighted by Crippen LogP contribution is -2.38. The maximum absolute atomic E-state index is 5.51. The van der Waals surface area contributed by atoms with Gasteiger partial charge in [-0.15, -0.1) is 10.2 Å². The second-order valence-electron chi connectivity index (χ2n) is 6.78. The number of thioether (sulfide) groups is 1. The minimum Gasteiger partial charge on any atom is -0.378 e. The molecule has 6 heteroatoms. The Labute approximate surface area is 164 Å². The molecule has 0 aliphatic carbocycles. The van der Waals surface area contributed by atoms with Crippen LogP contribution in [0.15, 0.2) is 53.7 Å². The summed E-state index contributed by atoms with van der Waals surface area (Å²) in [7, 11) is 0. The van der Waals surface area contributed by atoms with Gasteiger partial charge in [-0.2, -0.15) is 0 Å². The van der Waals surface area contributed by atoms with Crippen molar-refractivity contribution >= 4 is 17.7 Å². The molecule has 0 bridgehead atoms. The number of anilines is 1. The van der Waals surface area contributed by atoms with Gasteiger partial charge in [-0.05, 0) is 31.0 Å². The molecule has 3 aromatic rings. The smallest absolute Gasteiger partial charge is 0.232 e. The van der Waals surface area contributed by atoms with E-state index >= 15 is 0 Å². The summed E-state index contributed by atoms with van der Waals surface area (Å²) in [6, 6.07) is 17.1. The van der Waals surface area contributed by atoms with Crippen LogP contribution in [0.5, 0.6) is 0 Å². The number of ether oxygens (including phenoxy) is 1. The molecular weight excluding hydrogens is 356 g/mol. The molecule has 0 N–H and O–H groups in total. The van der Waals surface area contributed by atoms with E-state index in [9.17, 15) is 0 Å². The number of rotatable bonds is 5. The minimum absolute atomic E-state index is 0.729. The van der Waals surface area contributed by atoms with E-state index in [1.54, 1.807) is 11.8 Å². The standard InChI is InChI=1S/C21H24N4OS/c1-16-7-9-18(10-8-16)15-27-21-23-22-20(24-11-13-26-14-12-24)25(21)19-6-4-3-5-17(19)2/h3-10H,11-15H2,1-2H3. The fourth-order valence-corrected chi connectivity index (χ4v) is 4.08. The van der Waals surface area contributed by atoms with E-state index in [1.807, 2.05) is 0 Å². The summed E-state index contributed by atoms with van der Waals surface area (Å²) in [5, 5.41) is 10.0. The zero-order valence-electron chi connectivity index (χ0n) is 15.8. The van der Waals surface area contributed by atoms with Gasteiger partial charge in [-0.3, -0.25) is 4.57 Å². The van der Waals surface area contributed by atoms with Crippen LogP contribution in [0.2, 0.25) is 0 Å². The third kappa shape index (κ3) is 4.01. The lowest BCUT2D eigenvalue weighted by atomic mass is 10.2. The topological polar surface area (TPSA) is 43.2 Å². The Hall–Kier alpha value is -2.31. The summed E-state index contributed by atoms with van der Waals surface area (Å²) in [4.78, 5) is 2.26. The van der Waals surface area contributed by atoms with Gasteiger partial charge >= 0.3 is 0 Å². The molecule has 0 amide bonds. The largest absolute Gasteiger partial charge is 0.378 e. The van der Waals surface area contributed by atoms with Crippen molar-refractivity contribution in [3.05, 3.63) is 65.2 Å². The fourth-order valence-electron chi connectivity index (χ4n) is 3.18. The molecule has 27 heavy (non-hydrogen) atoms. The molecule has 1 aliphatic rings. The van der Waals surface area contributed by atoms with Gasteiger partial charge in [0.25, 0.3) is 0 Å². The molecule has 5 nitrogen and oxygen atoms in total. The fraction of sp³-hybridized carbons (Fsp3) is 0.333. The second kappa shape index (κ2) is 8.15. The first-order valence-electron chi connectivity index (χ1n) is 9.25. The normalized spacial score (nSPS) is 14.5. The molecule has 0 saturated carbocycles. The monoisotopic (exact) mass is 380 g/mol. The number of aryl methyl sites for hydroxylation is 2. The molecule has 1 fully saturated rings. The van der Waals surface area contributed by atoms with Crippen molar-refractivity contribution in [2.75, 3.05) is 31.2 Å². The first-order chi connectivity index (χ1) is 13.2. The predicted octanol–water partition coefficient (Wildman–Crippen LogP) is 4.01. The van der Waals surface area contributed by atoms with Crippen LogP contribution in [-0.2, 0) is 10.5 Å². The predicted molar refractivity (Wildman–Crippen MR) is 110 cm³/mol. The number of hydrogen-bond acceptors (Lipinski definition) is 5. The molecule has 1 saturated heterocycles. The molecule has 1 aromatic heterocycles. The number of aromatic nitrogens is 3. The van der Waals surface area contributed by atoms with Gasteiger partial charge in [0.05, 0.1) is 18.9 Å². The molecule has 4 rings (SSSR count). The zero-order chi connectivity index (χ0) is 18.6. The average Bonchev–Trinajstić information content (AvgIpc) is 3.12. The van der Waals surface area contributed by atoms with Crippen LogP contribution >= 0.6 is 11.8 Å². The van der Waals surface area contributed by atoms with Crippen molar-refractivity contribution < 1.29 is 4.74 Å². The Morgan fingerprint density at radius 1 is 0.963 bits per heavy atom. The summed E-state index contributed by atoms with van der Waals surface area (Å²) in [5.74, 6) is 1.77. The van der Waals surface area contributed by atoms with Gasteiger partial charge in [-0.1, -0.05) is 59.8 Å². The van der Waals surface area contributed by atoms with E-state index in [2.05, 4.69) is 82.0 Å². The van der Waals surface area contributed by atoms with E-state index in [0.29, 0.717) is 0 Å². The summed E-state index contributed by atoms with van der Waals surface area (Å²) in [6.07, 6.45) is 0. The summed E-state index contributed by atoms with van der Waals surface area (Å²) >= 11 is 1.73. The van der Waals surface area contributed by atoms with Gasteiger partial charge in [0.1, 0.15) is 0 Å². The lowest BCUT2D eigenvalue weighted by Gasteiger charge is -2.28. The van der Waals surface area contributed by atoms with Crippen LogP contribution in [0.3, 0.4) is 0 Å². The van der Waals surface area contributed by atoms with Gasteiger partial charge in [0.15, 0.2) is 5.16 Å². The number of para-hydroxylation sites is 1. The van der Waals surface area contributed by atoms with Crippen molar-refractivity contribution in [2.24, 2.45) is 0 Å². The van der Waals surface area contributed by atoms with Crippen LogP contribution in [0.4, 0.5) is 5.95 Å². The van der Waals surface area contributed by atoms with Gasteiger partial charge in [0, 0.05) is 18.8 Å². The molecule has 0 unspecified atom stereocenters. The highest BCUT2D eigenvalue weighted by Gasteiger charge is 2.22. The van der Waals surface area contributed by atoms with Crippen LogP contribution in [-0.4, -0.2) is 41.1 Å². The molecule has 2 heterocycles. The molecule has 2 aromatic carbocycles. The van der Waals surface area contributed by atoms with Gasteiger partial charge in [-0.25, -0.2) is 0 Å². The maximum Gasteiger partial charge on any atom is 0.232 e. The molecule has 1 aliphatic heterocycles. The summed E-state index contributed by atoms with van der Waals surface area (Å²) < 4.78 is 7.70. The Balaban J connectivity index is 1.67. The molecular formula is C21H24N4OS. The van der Waals surface area contributed by atoms with Crippen LogP contribution in [0, 0.1) is 13.8 Å². The lowest BCUT2D eigenvalue weighted by molar-refractivity contribution is 0.122. The highest BCUT2D eigenvalue weighted by molar-refractivity contribution is 7.98. The van der Waals surface area contributed by atoms with Crippen molar-refractivity contribution in [2.45, 2.75) is 24.8 Å². The van der Waals surface area contributed by atoms with Crippen LogP contribution < -0.4 is 4.90 Å². The van der Waals surface area contributed by atoms with E-state index in [4.69, 9.17) is 4.74 Å². The maximum atomic E-state index is 5.51. The van der Waals surface area contributed by atoms with E-state index in [-0.39, 0.29) is 0 Å². The Kier molecular flexibility index (Phi) is 5.45. The van der Waals surface area contributed by atoms with E-state index in [0.717, 1.165) is 48.8 Å². The van der Waals surface area contributed by atoms with E-state index in [1.165, 1.54) is 16.7 Å². The number of morpholine rings is 1. The van der Waals surface area contributed by atoms with Crippen molar-refractivity contribution in [1.82, 2.24) is 14.8 Å². The molecule has 0 radical (unpaired) electrons. The first-order valence-corrected chi connectivity index (χ1v) is 10.2. The quantitative estimate of drug-likeness (QED) is 0.626. The SMILES string of the molecule is Cc1ccc(CSc2nnc(N3CCOCC3)n2-c2ccccc2C)cc1. The van der Waals surface area contributed by atoms with Gasteiger partial charge < -0.3 is 9.64 Å². The van der Waals surface area contributed by atoms with Crippen molar-refractivity contribution in [3.63, 3.8) is 0 Å². The molecule has 0 atom stereocenters. The highest BCUT2D eigenvalue weighted by atomic mass is 32.2. The molecule has 0 spiro atoms. The second-order valence-corrected chi connectivity index (χ2v) is 7.72. The number of nitrogens with zero attached hydrogens (tertiary/aromatic N) is 4. The Bertz CT molecular complexity index is 901. The number of hydrogen-bond donors (Lipinski definition) is 0. The van der Waals surface area contributed by atoms with Crippen molar-refractivity contribution in [1.29, 1.82) is 0 Å². The Morgan fingerprint density at radius 2 is 1.70 bits per heavy atom. The third-order valence-corrected chi connectivity index (χ3v) is 5.76. The van der Waals surface area contributed by atoms with Crippen LogP contribution in [0.1, 0.15) is 16.7 Å². The first kappa shape index (κ1) is 18.1. The van der Waals surface area contributed by atoms with Gasteiger partial charge in [0.2, 0.25) is 5.95 Å². The average molecular weight is 381 g/mol. The van der Waals surface area contributed by atoms with E-state index < -0.39 is 0 Å². The summed E-state index contributed by atoms with van der Waals surface area (Å²) in [6.45, 7) is 7.38. The summed E-state index contributed by atoms with van der Waals surface area (Å²) in [5.41, 5.74) is 4.92. The van der Waals surface area contributed by atoms with Crippen LogP contribution in [0.25, 0.3) is 5.69 Å². The minimum atomic E-state index is 0.729. The zero-order valence-corrected chi connectivity index (χ0v) is 16.6. The molecule has 140 valence electrons. The Morgan fingerprint density at radius 3 is 2.44 bits per heavy atom.